The van der Waals surface area contributed by atoms with Gasteiger partial charge < -0.3 is 10.2 Å². The highest BCUT2D eigenvalue weighted by Gasteiger charge is 2.29. The highest BCUT2D eigenvalue weighted by atomic mass is 35.5. The van der Waals surface area contributed by atoms with Crippen molar-refractivity contribution in [2.45, 2.75) is 17.4 Å². The van der Waals surface area contributed by atoms with E-state index in [1.54, 1.807) is 0 Å². The van der Waals surface area contributed by atoms with Crippen molar-refractivity contribution in [1.29, 1.82) is 0 Å². The number of hydrogen-bond donors (Lipinski definition) is 2. The first-order valence-corrected chi connectivity index (χ1v) is 5.73. The topological polar surface area (TPSA) is 57.5 Å². The van der Waals surface area contributed by atoms with Crippen LogP contribution < -0.4 is 0 Å². The molecule has 6 heteroatoms. The number of aliphatic hydroxyl groups is 1. The number of hydrogen-bond acceptors (Lipinski definition) is 3. The summed E-state index contributed by atoms with van der Waals surface area (Å²) in [5.41, 5.74) is -1.81. The lowest BCUT2D eigenvalue weighted by Gasteiger charge is -2.16. The molecule has 0 aliphatic rings. The lowest BCUT2D eigenvalue weighted by Crippen LogP contribution is -2.37. The molecule has 0 saturated heterocycles. The molecule has 0 bridgehead atoms. The number of carboxylic acids is 1. The third kappa shape index (κ3) is 3.37. The lowest BCUT2D eigenvalue weighted by atomic mass is 10.1. The Balaban J connectivity index is 2.68. The van der Waals surface area contributed by atoms with Crippen LogP contribution in [0, 0.1) is 5.82 Å². The number of rotatable bonds is 4. The Labute approximate surface area is 101 Å². The normalized spacial score (nSPS) is 14.5. The van der Waals surface area contributed by atoms with Gasteiger partial charge in [-0.2, -0.15) is 0 Å². The zero-order valence-electron chi connectivity index (χ0n) is 8.41. The van der Waals surface area contributed by atoms with E-state index >= 15 is 0 Å². The third-order valence-corrected chi connectivity index (χ3v) is 3.46. The summed E-state index contributed by atoms with van der Waals surface area (Å²) in [7, 11) is 0. The predicted molar refractivity (Wildman–Crippen MR) is 60.4 cm³/mol. The summed E-state index contributed by atoms with van der Waals surface area (Å²) in [5.74, 6) is -1.87. The summed E-state index contributed by atoms with van der Waals surface area (Å²) in [4.78, 5) is 11.2. The monoisotopic (exact) mass is 264 g/mol. The molecule has 0 aliphatic carbocycles. The molecular formula is C10H10ClFO3S. The Morgan fingerprint density at radius 3 is 2.75 bits per heavy atom. The van der Waals surface area contributed by atoms with Crippen molar-refractivity contribution >= 4 is 29.3 Å². The predicted octanol–water partition coefficient (Wildman–Crippen LogP) is 2.41. The molecule has 0 fully saturated rings. The molecule has 1 aromatic rings. The fourth-order valence-electron chi connectivity index (χ4n) is 0.852. The first kappa shape index (κ1) is 13.3. The standard InChI is InChI=1S/C10H10ClFO3S/c1-10(15,9(13)14)5-16-6-2-3-8(12)7(11)4-6/h2-4,15H,5H2,1H3,(H,13,14). The van der Waals surface area contributed by atoms with Crippen LogP contribution in [0.2, 0.25) is 5.02 Å². The van der Waals surface area contributed by atoms with E-state index in [2.05, 4.69) is 0 Å². The molecule has 0 heterocycles. The average Bonchev–Trinajstić information content (AvgIpc) is 2.20. The molecule has 88 valence electrons. The summed E-state index contributed by atoms with van der Waals surface area (Å²) in [6.07, 6.45) is 0. The van der Waals surface area contributed by atoms with Crippen molar-refractivity contribution < 1.29 is 19.4 Å². The second-order valence-corrected chi connectivity index (χ2v) is 4.90. The van der Waals surface area contributed by atoms with Gasteiger partial charge in [0.15, 0.2) is 5.60 Å². The molecule has 1 rings (SSSR count). The van der Waals surface area contributed by atoms with Gasteiger partial charge in [-0.25, -0.2) is 9.18 Å². The highest BCUT2D eigenvalue weighted by Crippen LogP contribution is 2.26. The highest BCUT2D eigenvalue weighted by molar-refractivity contribution is 7.99. The van der Waals surface area contributed by atoms with Crippen molar-refractivity contribution in [3.05, 3.63) is 29.0 Å². The van der Waals surface area contributed by atoms with Gasteiger partial charge >= 0.3 is 5.97 Å². The summed E-state index contributed by atoms with van der Waals surface area (Å²) in [5, 5.41) is 18.1. The number of halogens is 2. The lowest BCUT2D eigenvalue weighted by molar-refractivity contribution is -0.154. The summed E-state index contributed by atoms with van der Waals surface area (Å²) in [6.45, 7) is 1.20. The smallest absolute Gasteiger partial charge is 0.336 e. The molecule has 1 unspecified atom stereocenters. The third-order valence-electron chi connectivity index (χ3n) is 1.87. The van der Waals surface area contributed by atoms with Gasteiger partial charge in [0.05, 0.1) is 5.02 Å². The van der Waals surface area contributed by atoms with Gasteiger partial charge in [0, 0.05) is 10.6 Å². The maximum atomic E-state index is 12.8. The molecule has 0 aliphatic heterocycles. The van der Waals surface area contributed by atoms with Crippen molar-refractivity contribution in [1.82, 2.24) is 0 Å². The van der Waals surface area contributed by atoms with Gasteiger partial charge in [-0.15, -0.1) is 11.8 Å². The SMILES string of the molecule is CC(O)(CSc1ccc(F)c(Cl)c1)C(=O)O. The fourth-order valence-corrected chi connectivity index (χ4v) is 2.03. The van der Waals surface area contributed by atoms with E-state index in [0.29, 0.717) is 4.90 Å². The molecule has 2 N–H and O–H groups in total. The van der Waals surface area contributed by atoms with Crippen LogP contribution in [0.5, 0.6) is 0 Å². The van der Waals surface area contributed by atoms with Gasteiger partial charge in [0.25, 0.3) is 0 Å². The molecule has 0 spiro atoms. The minimum Gasteiger partial charge on any atom is -0.479 e. The Hall–Kier alpha value is -0.780. The Morgan fingerprint density at radius 1 is 1.62 bits per heavy atom. The molecule has 3 nitrogen and oxygen atoms in total. The summed E-state index contributed by atoms with van der Waals surface area (Å²) >= 11 is 6.66. The molecular weight excluding hydrogens is 255 g/mol. The Bertz CT molecular complexity index is 409. The van der Waals surface area contributed by atoms with Gasteiger partial charge in [0.2, 0.25) is 0 Å². The van der Waals surface area contributed by atoms with Crippen molar-refractivity contribution in [3.63, 3.8) is 0 Å². The average molecular weight is 265 g/mol. The van der Waals surface area contributed by atoms with Gasteiger partial charge in [-0.05, 0) is 25.1 Å². The van der Waals surface area contributed by atoms with Crippen LogP contribution in [0.15, 0.2) is 23.1 Å². The van der Waals surface area contributed by atoms with Crippen molar-refractivity contribution in [2.24, 2.45) is 0 Å². The first-order chi connectivity index (χ1) is 7.33. The van der Waals surface area contributed by atoms with Gasteiger partial charge in [-0.1, -0.05) is 11.6 Å². The molecule has 0 amide bonds. The zero-order valence-corrected chi connectivity index (χ0v) is 9.98. The molecule has 16 heavy (non-hydrogen) atoms. The van der Waals surface area contributed by atoms with E-state index in [4.69, 9.17) is 16.7 Å². The van der Waals surface area contributed by atoms with Crippen LogP contribution in [-0.4, -0.2) is 27.5 Å². The zero-order chi connectivity index (χ0) is 12.3. The Kier molecular flexibility index (Phi) is 4.18. The molecule has 0 radical (unpaired) electrons. The van der Waals surface area contributed by atoms with E-state index in [0.717, 1.165) is 11.8 Å². The fraction of sp³-hybridized carbons (Fsp3) is 0.300. The van der Waals surface area contributed by atoms with E-state index in [9.17, 15) is 14.3 Å². The number of carboxylic acid groups (broad SMARTS) is 1. The van der Waals surface area contributed by atoms with Crippen LogP contribution in [-0.2, 0) is 4.79 Å². The summed E-state index contributed by atoms with van der Waals surface area (Å²) < 4.78 is 12.8. The molecule has 1 atom stereocenters. The largest absolute Gasteiger partial charge is 0.479 e. The number of aliphatic carboxylic acids is 1. The van der Waals surface area contributed by atoms with Crippen molar-refractivity contribution in [2.75, 3.05) is 5.75 Å². The van der Waals surface area contributed by atoms with E-state index in [1.165, 1.54) is 25.1 Å². The second-order valence-electron chi connectivity index (χ2n) is 3.44. The molecule has 0 saturated carbocycles. The first-order valence-electron chi connectivity index (χ1n) is 4.36. The quantitative estimate of drug-likeness (QED) is 0.820. The van der Waals surface area contributed by atoms with Crippen LogP contribution >= 0.6 is 23.4 Å². The number of carbonyl (C=O) groups is 1. The minimum atomic E-state index is -1.81. The minimum absolute atomic E-state index is 0.0278. The molecule has 0 aromatic heterocycles. The van der Waals surface area contributed by atoms with Gasteiger partial charge in [-0.3, -0.25) is 0 Å². The van der Waals surface area contributed by atoms with Crippen LogP contribution in [0.1, 0.15) is 6.92 Å². The molecule has 1 aromatic carbocycles. The van der Waals surface area contributed by atoms with Gasteiger partial charge in [0.1, 0.15) is 5.82 Å². The van der Waals surface area contributed by atoms with Crippen LogP contribution in [0.3, 0.4) is 0 Å². The van der Waals surface area contributed by atoms with Crippen LogP contribution in [0.25, 0.3) is 0 Å². The van der Waals surface area contributed by atoms with E-state index in [1.807, 2.05) is 0 Å². The maximum Gasteiger partial charge on any atom is 0.336 e. The van der Waals surface area contributed by atoms with E-state index in [-0.39, 0.29) is 10.8 Å². The van der Waals surface area contributed by atoms with Crippen LogP contribution in [0.4, 0.5) is 4.39 Å². The van der Waals surface area contributed by atoms with Crippen molar-refractivity contribution in [3.8, 4) is 0 Å². The summed E-state index contributed by atoms with van der Waals surface area (Å²) in [6, 6.07) is 4.06. The second kappa shape index (κ2) is 5.03. The Morgan fingerprint density at radius 2 is 2.25 bits per heavy atom. The number of benzene rings is 1. The number of thioether (sulfide) groups is 1. The maximum absolute atomic E-state index is 12.8. The van der Waals surface area contributed by atoms with E-state index < -0.39 is 17.4 Å².